The van der Waals surface area contributed by atoms with E-state index in [1.807, 2.05) is 36.4 Å². The van der Waals surface area contributed by atoms with Crippen molar-refractivity contribution < 1.29 is 4.79 Å². The molecular weight excluding hydrogens is 372 g/mol. The zero-order valence-electron chi connectivity index (χ0n) is 15.3. The molecule has 1 fully saturated rings. The standard InChI is InChI=1S/C22H20N2OS2/c1-3-23-18-11-9-15(2)13-17(18)10-12-19(23)20-21(25)24(22(26)27-20)14-16-7-5-4-6-8-16/h4-13H,3,14H2,1-2H3. The van der Waals surface area contributed by atoms with Crippen LogP contribution in [0.25, 0.3) is 6.08 Å². The summed E-state index contributed by atoms with van der Waals surface area (Å²) in [4.78, 5) is 17.8. The van der Waals surface area contributed by atoms with Crippen molar-refractivity contribution >= 4 is 46.0 Å². The third kappa shape index (κ3) is 3.33. The summed E-state index contributed by atoms with van der Waals surface area (Å²) in [5.41, 5.74) is 5.55. The smallest absolute Gasteiger partial charge is 0.268 e. The minimum Gasteiger partial charge on any atom is -0.340 e. The summed E-state index contributed by atoms with van der Waals surface area (Å²) in [5.74, 6) is -0.0116. The summed E-state index contributed by atoms with van der Waals surface area (Å²) in [7, 11) is 0. The maximum atomic E-state index is 13.1. The number of carbonyl (C=O) groups is 1. The largest absolute Gasteiger partial charge is 0.340 e. The second-order valence-corrected chi connectivity index (χ2v) is 8.24. The minimum absolute atomic E-state index is 0.0116. The molecule has 0 atom stereocenters. The lowest BCUT2D eigenvalue weighted by Gasteiger charge is -2.30. The van der Waals surface area contributed by atoms with Gasteiger partial charge in [-0.3, -0.25) is 9.69 Å². The maximum Gasteiger partial charge on any atom is 0.268 e. The SMILES string of the molecule is CCN1C(=C2SC(=S)N(Cc3ccccc3)C2=O)C=Cc2cc(C)ccc21. The predicted octanol–water partition coefficient (Wildman–Crippen LogP) is 5.12. The number of allylic oxidation sites excluding steroid dienone is 1. The van der Waals surface area contributed by atoms with Crippen LogP contribution in [0.1, 0.15) is 23.6 Å². The van der Waals surface area contributed by atoms with Crippen LogP contribution in [0.5, 0.6) is 0 Å². The van der Waals surface area contributed by atoms with Gasteiger partial charge in [-0.15, -0.1) is 0 Å². The second kappa shape index (κ2) is 7.33. The van der Waals surface area contributed by atoms with Gasteiger partial charge in [0.25, 0.3) is 5.91 Å². The molecule has 2 aromatic carbocycles. The second-order valence-electron chi connectivity index (χ2n) is 6.60. The number of rotatable bonds is 3. The van der Waals surface area contributed by atoms with Gasteiger partial charge in [-0.1, -0.05) is 72.0 Å². The predicted molar refractivity (Wildman–Crippen MR) is 117 cm³/mol. The lowest BCUT2D eigenvalue weighted by atomic mass is 10.0. The van der Waals surface area contributed by atoms with E-state index in [9.17, 15) is 4.79 Å². The van der Waals surface area contributed by atoms with Crippen LogP contribution in [0.2, 0.25) is 0 Å². The minimum atomic E-state index is -0.0116. The molecule has 2 heterocycles. The van der Waals surface area contributed by atoms with Crippen LogP contribution in [-0.2, 0) is 11.3 Å². The molecule has 5 heteroatoms. The molecule has 136 valence electrons. The van der Waals surface area contributed by atoms with E-state index < -0.39 is 0 Å². The Balaban J connectivity index is 1.70. The summed E-state index contributed by atoms with van der Waals surface area (Å²) in [6.45, 7) is 5.49. The Labute approximate surface area is 169 Å². The number of benzene rings is 2. The Morgan fingerprint density at radius 2 is 1.81 bits per heavy atom. The Hall–Kier alpha value is -2.37. The van der Waals surface area contributed by atoms with Crippen LogP contribution in [0.3, 0.4) is 0 Å². The van der Waals surface area contributed by atoms with E-state index in [1.165, 1.54) is 22.9 Å². The van der Waals surface area contributed by atoms with Crippen molar-refractivity contribution in [3.05, 3.63) is 81.9 Å². The zero-order valence-corrected chi connectivity index (χ0v) is 16.9. The van der Waals surface area contributed by atoms with E-state index in [0.717, 1.165) is 23.5 Å². The highest BCUT2D eigenvalue weighted by Crippen LogP contribution is 2.40. The van der Waals surface area contributed by atoms with Gasteiger partial charge in [-0.25, -0.2) is 0 Å². The van der Waals surface area contributed by atoms with Gasteiger partial charge in [-0.2, -0.15) is 0 Å². The van der Waals surface area contributed by atoms with Crippen molar-refractivity contribution in [1.82, 2.24) is 4.90 Å². The molecule has 1 saturated heterocycles. The number of thiocarbonyl (C=S) groups is 1. The van der Waals surface area contributed by atoms with Crippen LogP contribution in [0, 0.1) is 6.92 Å². The number of hydrogen-bond acceptors (Lipinski definition) is 4. The van der Waals surface area contributed by atoms with E-state index in [-0.39, 0.29) is 5.91 Å². The van der Waals surface area contributed by atoms with Crippen molar-refractivity contribution in [3.63, 3.8) is 0 Å². The lowest BCUT2D eigenvalue weighted by Crippen LogP contribution is -2.30. The summed E-state index contributed by atoms with van der Waals surface area (Å²) >= 11 is 6.92. The van der Waals surface area contributed by atoms with Crippen LogP contribution >= 0.6 is 24.0 Å². The summed E-state index contributed by atoms with van der Waals surface area (Å²) in [5, 5.41) is 0. The van der Waals surface area contributed by atoms with Gasteiger partial charge in [0.2, 0.25) is 0 Å². The fourth-order valence-electron chi connectivity index (χ4n) is 3.44. The first-order valence-corrected chi connectivity index (χ1v) is 10.2. The molecule has 0 unspecified atom stereocenters. The van der Waals surface area contributed by atoms with Crippen LogP contribution in [0.4, 0.5) is 5.69 Å². The van der Waals surface area contributed by atoms with Gasteiger partial charge >= 0.3 is 0 Å². The van der Waals surface area contributed by atoms with Crippen molar-refractivity contribution in [2.24, 2.45) is 0 Å². The van der Waals surface area contributed by atoms with Gasteiger partial charge in [0.15, 0.2) is 0 Å². The molecule has 0 aliphatic carbocycles. The van der Waals surface area contributed by atoms with Crippen molar-refractivity contribution in [3.8, 4) is 0 Å². The lowest BCUT2D eigenvalue weighted by molar-refractivity contribution is -0.122. The van der Waals surface area contributed by atoms with Crippen molar-refractivity contribution in [2.75, 3.05) is 11.4 Å². The molecule has 0 bridgehead atoms. The molecule has 1 amide bonds. The molecule has 2 aliphatic rings. The Morgan fingerprint density at radius 1 is 1.04 bits per heavy atom. The van der Waals surface area contributed by atoms with Crippen molar-refractivity contribution in [1.29, 1.82) is 0 Å². The number of likely N-dealkylation sites (N-methyl/N-ethyl adjacent to an activating group) is 1. The number of anilines is 1. The molecule has 0 N–H and O–H groups in total. The summed E-state index contributed by atoms with van der Waals surface area (Å²) < 4.78 is 0.616. The molecule has 27 heavy (non-hydrogen) atoms. The molecule has 0 aromatic heterocycles. The molecule has 2 aromatic rings. The Kier molecular flexibility index (Phi) is 4.89. The fraction of sp³-hybridized carbons (Fsp3) is 0.182. The average Bonchev–Trinajstić information content (AvgIpc) is 2.95. The first-order chi connectivity index (χ1) is 13.1. The molecule has 0 saturated carbocycles. The Bertz CT molecular complexity index is 979. The zero-order chi connectivity index (χ0) is 19.0. The van der Waals surface area contributed by atoms with E-state index in [0.29, 0.717) is 15.8 Å². The molecule has 0 spiro atoms. The quantitative estimate of drug-likeness (QED) is 0.534. The van der Waals surface area contributed by atoms with Gasteiger partial charge in [0, 0.05) is 12.2 Å². The van der Waals surface area contributed by atoms with E-state index >= 15 is 0 Å². The van der Waals surface area contributed by atoms with Gasteiger partial charge in [0.1, 0.15) is 9.23 Å². The number of fused-ring (bicyclic) bond motifs is 1. The molecule has 3 nitrogen and oxygen atoms in total. The number of amides is 1. The molecule has 2 aliphatic heterocycles. The highest BCUT2D eigenvalue weighted by Gasteiger charge is 2.36. The highest BCUT2D eigenvalue weighted by atomic mass is 32.2. The molecule has 4 rings (SSSR count). The fourth-order valence-corrected chi connectivity index (χ4v) is 4.75. The van der Waals surface area contributed by atoms with E-state index in [4.69, 9.17) is 12.2 Å². The number of carbonyl (C=O) groups excluding carboxylic acids is 1. The topological polar surface area (TPSA) is 23.6 Å². The number of nitrogens with zero attached hydrogens (tertiary/aromatic N) is 2. The highest BCUT2D eigenvalue weighted by molar-refractivity contribution is 8.26. The van der Waals surface area contributed by atoms with Gasteiger partial charge in [-0.05, 0) is 43.2 Å². The first kappa shape index (κ1) is 18.0. The molecular formula is C22H20N2OS2. The summed E-state index contributed by atoms with van der Waals surface area (Å²) in [6, 6.07) is 16.4. The number of aryl methyl sites for hydroxylation is 1. The summed E-state index contributed by atoms with van der Waals surface area (Å²) in [6.07, 6.45) is 4.13. The van der Waals surface area contributed by atoms with Crippen LogP contribution in [-0.4, -0.2) is 21.7 Å². The van der Waals surface area contributed by atoms with Crippen LogP contribution < -0.4 is 4.90 Å². The first-order valence-electron chi connectivity index (χ1n) is 8.96. The third-order valence-electron chi connectivity index (χ3n) is 4.77. The maximum absolute atomic E-state index is 13.1. The average molecular weight is 393 g/mol. The number of hydrogen-bond donors (Lipinski definition) is 0. The Morgan fingerprint density at radius 3 is 2.56 bits per heavy atom. The van der Waals surface area contributed by atoms with Gasteiger partial charge in [0.05, 0.1) is 12.2 Å². The van der Waals surface area contributed by atoms with E-state index in [1.54, 1.807) is 4.90 Å². The normalized spacial score (nSPS) is 19.0. The van der Waals surface area contributed by atoms with Crippen LogP contribution in [0.15, 0.2) is 65.2 Å². The van der Waals surface area contributed by atoms with E-state index in [2.05, 4.69) is 43.0 Å². The van der Waals surface area contributed by atoms with Gasteiger partial charge < -0.3 is 4.90 Å². The van der Waals surface area contributed by atoms with Crippen molar-refractivity contribution in [2.45, 2.75) is 20.4 Å². The monoisotopic (exact) mass is 392 g/mol. The third-order valence-corrected chi connectivity index (χ3v) is 6.22. The molecule has 0 radical (unpaired) electrons. The number of thioether (sulfide) groups is 1.